The lowest BCUT2D eigenvalue weighted by Crippen LogP contribution is -1.66. The molecule has 0 radical (unpaired) electrons. The van der Waals surface area contributed by atoms with Crippen LogP contribution < -0.4 is 0 Å². The zero-order valence-corrected chi connectivity index (χ0v) is 70.6. The molecule has 12 heterocycles. The third-order valence-corrected chi connectivity index (χ3v) is 10.5. The van der Waals surface area contributed by atoms with Gasteiger partial charge in [-0.25, -0.2) is 23.7 Å². The Morgan fingerprint density at radius 1 is 0.417 bits per heavy atom. The van der Waals surface area contributed by atoms with Crippen molar-refractivity contribution in [3.05, 3.63) is 211 Å². The number of rotatable bonds is 0. The maximum Gasteiger partial charge on any atom is 0.133 e. The third-order valence-electron chi connectivity index (χ3n) is 7.04. The Balaban J connectivity index is -0.0000000779. The summed E-state index contributed by atoms with van der Waals surface area (Å²) in [5.74, 6) is 1.82. The summed E-state index contributed by atoms with van der Waals surface area (Å²) in [6.45, 7) is 71.5. The Bertz CT molecular complexity index is 2040. The van der Waals surface area contributed by atoms with Gasteiger partial charge in [-0.3, -0.25) is 15.1 Å². The molecule has 19 nitrogen and oxygen atoms in total. The van der Waals surface area contributed by atoms with E-state index in [1.807, 2.05) is 307 Å². The highest BCUT2D eigenvalue weighted by Crippen LogP contribution is 2.01. The van der Waals surface area contributed by atoms with E-state index >= 15 is 0 Å². The minimum Gasteiger partial charge on any atom is -0.365 e. The van der Waals surface area contributed by atoms with Gasteiger partial charge in [-0.1, -0.05) is 182 Å². The number of aromatic amines is 4. The summed E-state index contributed by atoms with van der Waals surface area (Å²) < 4.78 is 25.2. The van der Waals surface area contributed by atoms with Crippen molar-refractivity contribution < 1.29 is 13.6 Å². The van der Waals surface area contributed by atoms with Crippen LogP contribution in [0.25, 0.3) is 0 Å². The number of nitrogens with zero attached hydrogens (tertiary/aromatic N) is 12. The Kier molecular flexibility index (Phi) is 135. The quantitative estimate of drug-likeness (QED) is 0.110. The van der Waals surface area contributed by atoms with Crippen molar-refractivity contribution in [1.82, 2.24) is 78.7 Å². The summed E-state index contributed by atoms with van der Waals surface area (Å²) in [6, 6.07) is 9.51. The number of hydrogen-bond acceptors (Lipinski definition) is 20. The van der Waals surface area contributed by atoms with Gasteiger partial charge in [-0.2, -0.15) is 9.47 Å². The second-order valence-corrected chi connectivity index (χ2v) is 18.2. The fourth-order valence-corrected chi connectivity index (χ4v) is 5.92. The van der Waals surface area contributed by atoms with Gasteiger partial charge in [0.1, 0.15) is 24.1 Å². The van der Waals surface area contributed by atoms with Gasteiger partial charge in [-0.05, 0) is 141 Å². The number of nitrogens with one attached hydrogen (secondary N) is 4. The second-order valence-electron chi connectivity index (χ2n) is 14.1. The molecular formula is C72H136N16O3S5. The first-order valence-corrected chi connectivity index (χ1v) is 37.7. The van der Waals surface area contributed by atoms with Crippen molar-refractivity contribution in [3.63, 3.8) is 0 Å². The first-order chi connectivity index (χ1) is 46.7. The van der Waals surface area contributed by atoms with Crippen LogP contribution in [0.5, 0.6) is 0 Å². The molecule has 0 unspecified atom stereocenters. The minimum atomic E-state index is 0.856. The molecule has 0 bridgehead atoms. The van der Waals surface area contributed by atoms with Gasteiger partial charge in [0.15, 0.2) is 0 Å². The van der Waals surface area contributed by atoms with Crippen molar-refractivity contribution in [1.29, 1.82) is 0 Å². The molecule has 96 heavy (non-hydrogen) atoms. The topological polar surface area (TPSA) is 257 Å². The van der Waals surface area contributed by atoms with Crippen molar-refractivity contribution in [3.8, 4) is 0 Å². The largest absolute Gasteiger partial charge is 0.365 e. The predicted octanol–water partition coefficient (Wildman–Crippen LogP) is 25.4. The fraction of sp³-hybridized carbons (Fsp3) is 0.500. The molecule has 4 N–H and O–H groups in total. The lowest BCUT2D eigenvalue weighted by Gasteiger charge is -1.68. The average molecular weight is 1430 g/mol. The van der Waals surface area contributed by atoms with Crippen LogP contribution in [0.15, 0.2) is 158 Å². The van der Waals surface area contributed by atoms with Crippen LogP contribution in [0.4, 0.5) is 0 Å². The number of aromatic nitrogens is 16. The SMILES string of the molecule is CC.CC.CC.CC.CC.CC.CC.CC.CC.CC.CC.CC.Cc1ccn[nH]1.Cc1ccno1.Cc1ccns1.Cc1ccon1.Cc1ccsn1.Cc1cnc[nH]1.Cc1cnc[nH]1.Cc1cncs1.Cc1cnoc1.Cc1cnsc1.Cc1cscn1.Cc1ncc[nH]1. The molecule has 0 aromatic carbocycles. The number of H-pyrrole nitrogens is 4. The summed E-state index contributed by atoms with van der Waals surface area (Å²) >= 11 is 7.80. The lowest BCUT2D eigenvalue weighted by atomic mass is 10.4. The maximum absolute atomic E-state index is 4.58. The molecule has 24 heteroatoms. The maximum atomic E-state index is 4.58. The van der Waals surface area contributed by atoms with Gasteiger partial charge in [0.2, 0.25) is 0 Å². The fourth-order valence-electron chi connectivity index (χ4n) is 3.49. The van der Waals surface area contributed by atoms with E-state index in [1.54, 1.807) is 110 Å². The molecular weight excluding hydrogens is 1300 g/mol. The molecule has 0 atom stereocenters. The lowest BCUT2D eigenvalue weighted by molar-refractivity contribution is 0.397. The van der Waals surface area contributed by atoms with E-state index in [4.69, 9.17) is 0 Å². The molecule has 552 valence electrons. The predicted molar refractivity (Wildman–Crippen MR) is 427 cm³/mol. The molecule has 0 amide bonds. The van der Waals surface area contributed by atoms with E-state index in [2.05, 4.69) is 92.2 Å². The Labute approximate surface area is 606 Å². The smallest absolute Gasteiger partial charge is 0.133 e. The molecule has 0 saturated carbocycles. The Morgan fingerprint density at radius 2 is 0.990 bits per heavy atom. The zero-order valence-electron chi connectivity index (χ0n) is 66.5. The van der Waals surface area contributed by atoms with Gasteiger partial charge in [0.25, 0.3) is 0 Å². The molecule has 0 aliphatic carbocycles. The number of thiazole rings is 2. The van der Waals surface area contributed by atoms with Gasteiger partial charge >= 0.3 is 0 Å². The molecule has 0 saturated heterocycles. The number of hydrogen-bond donors (Lipinski definition) is 4. The van der Waals surface area contributed by atoms with E-state index in [1.165, 1.54) is 49.9 Å². The van der Waals surface area contributed by atoms with Gasteiger partial charge in [0.05, 0.1) is 47.5 Å². The van der Waals surface area contributed by atoms with E-state index in [0.29, 0.717) is 0 Å². The summed E-state index contributed by atoms with van der Waals surface area (Å²) in [4.78, 5) is 30.4. The van der Waals surface area contributed by atoms with Gasteiger partial charge in [0, 0.05) is 116 Å². The highest BCUT2D eigenvalue weighted by atomic mass is 32.1. The van der Waals surface area contributed by atoms with Crippen molar-refractivity contribution in [2.75, 3.05) is 0 Å². The monoisotopic (exact) mass is 1430 g/mol. The zero-order chi connectivity index (χ0) is 76.9. The van der Waals surface area contributed by atoms with Gasteiger partial charge in [-0.15, -0.1) is 22.7 Å². The molecule has 12 aromatic rings. The average Bonchev–Trinajstić information content (AvgIpc) is 4.46. The van der Waals surface area contributed by atoms with Crippen molar-refractivity contribution >= 4 is 57.3 Å². The van der Waals surface area contributed by atoms with Crippen LogP contribution in [0, 0.1) is 83.1 Å². The molecule has 12 rings (SSSR count). The van der Waals surface area contributed by atoms with Crippen LogP contribution in [0.1, 0.15) is 233 Å². The number of imidazole rings is 3. The standard InChI is InChI=1S/4C4H6N2.3C4H5NO.5C4H5NS.12C2H6/c2*1-4-2-5-3-6-4;1-4-5-2-3-6-4;1-4-2-3-5-6-4;1-4-2-5-6-3-4;1-4-2-3-6-5-4;1-4-2-3-5-6-4;1-4-2-6-3-5-4;1-4-2-5-3-6-4;1-4-2-5-6-3-4;1-4-2-3-6-5-4;1-4-2-3-5-6-4;12*1-2/h4*2-3H,1H3,(H,5,6);8*2-3H,1H3;12*1-2H3. The van der Waals surface area contributed by atoms with Gasteiger partial charge < -0.3 is 28.5 Å². The normalized spacial score (nSPS) is 7.38. The number of aryl methyl sites for hydroxylation is 12. The van der Waals surface area contributed by atoms with E-state index in [0.717, 1.165) is 51.3 Å². The summed E-state index contributed by atoms with van der Waals surface area (Å²) in [7, 11) is 0. The molecule has 0 aliphatic heterocycles. The first kappa shape index (κ1) is 116. The van der Waals surface area contributed by atoms with Crippen LogP contribution in [-0.4, -0.2) is 78.7 Å². The first-order valence-electron chi connectivity index (χ1n) is 33.5. The molecule has 12 aromatic heterocycles. The van der Waals surface area contributed by atoms with E-state index in [-0.39, 0.29) is 0 Å². The second kappa shape index (κ2) is 112. The molecule has 0 spiro atoms. The summed E-state index contributed by atoms with van der Waals surface area (Å²) in [5, 5.41) is 22.9. The van der Waals surface area contributed by atoms with Crippen LogP contribution >= 0.6 is 57.3 Å². The minimum absolute atomic E-state index is 0.856. The summed E-state index contributed by atoms with van der Waals surface area (Å²) in [6.07, 6.45) is 24.1. The van der Waals surface area contributed by atoms with Crippen LogP contribution in [0.2, 0.25) is 0 Å². The van der Waals surface area contributed by atoms with E-state index < -0.39 is 0 Å². The van der Waals surface area contributed by atoms with Crippen molar-refractivity contribution in [2.45, 2.75) is 249 Å². The van der Waals surface area contributed by atoms with E-state index in [9.17, 15) is 0 Å². The molecule has 0 fully saturated rings. The third kappa shape index (κ3) is 108. The highest BCUT2D eigenvalue weighted by Gasteiger charge is 1.82. The van der Waals surface area contributed by atoms with Crippen molar-refractivity contribution in [2.24, 2.45) is 0 Å². The Hall–Kier alpha value is -7.38. The van der Waals surface area contributed by atoms with Crippen LogP contribution in [0.3, 0.4) is 0 Å². The molecule has 0 aliphatic rings. The highest BCUT2D eigenvalue weighted by molar-refractivity contribution is 7.09. The van der Waals surface area contributed by atoms with Crippen LogP contribution in [-0.2, 0) is 0 Å². The Morgan fingerprint density at radius 3 is 1.10 bits per heavy atom. The summed E-state index contributed by atoms with van der Waals surface area (Å²) in [5.41, 5.74) is 12.4.